The van der Waals surface area contributed by atoms with Crippen LogP contribution in [0.4, 0.5) is 5.13 Å². The Morgan fingerprint density at radius 1 is 1.21 bits per heavy atom. The van der Waals surface area contributed by atoms with E-state index in [-0.39, 0.29) is 16.8 Å². The summed E-state index contributed by atoms with van der Waals surface area (Å²) in [6.45, 7) is 5.77. The zero-order valence-electron chi connectivity index (χ0n) is 18.2. The molecule has 0 saturated carbocycles. The SMILES string of the molecule is C=CCOc1ccc(C2c3c(oc4ccc(Br)cc4c3=O)C(=O)N2c2nnc(C)s2)cc1OC. The second kappa shape index (κ2) is 8.69. The molecule has 2 aromatic carbocycles. The van der Waals surface area contributed by atoms with Gasteiger partial charge in [0.25, 0.3) is 5.91 Å². The maximum atomic E-state index is 13.7. The number of amides is 1. The molecule has 172 valence electrons. The molecule has 1 unspecified atom stereocenters. The molecule has 0 spiro atoms. The third-order valence-electron chi connectivity index (χ3n) is 5.41. The van der Waals surface area contributed by atoms with E-state index < -0.39 is 11.9 Å². The number of ether oxygens (including phenoxy) is 2. The van der Waals surface area contributed by atoms with Crippen LogP contribution >= 0.6 is 27.3 Å². The fourth-order valence-electron chi connectivity index (χ4n) is 3.96. The van der Waals surface area contributed by atoms with E-state index >= 15 is 0 Å². The van der Waals surface area contributed by atoms with Gasteiger partial charge in [-0.05, 0) is 42.8 Å². The first-order chi connectivity index (χ1) is 16.4. The molecule has 8 nitrogen and oxygen atoms in total. The van der Waals surface area contributed by atoms with Crippen LogP contribution in [-0.4, -0.2) is 29.8 Å². The zero-order valence-corrected chi connectivity index (χ0v) is 20.6. The Morgan fingerprint density at radius 3 is 2.74 bits per heavy atom. The Morgan fingerprint density at radius 2 is 2.03 bits per heavy atom. The number of halogens is 1. The standard InChI is InChI=1S/C24H18BrN3O5S/c1-4-9-32-17-7-5-13(10-18(17)31-3)20-19-21(29)15-11-14(25)6-8-16(15)33-22(19)23(30)28(20)24-27-26-12(2)34-24/h4-8,10-11,20H,1,9H2,2-3H3. The summed E-state index contributed by atoms with van der Waals surface area (Å²) in [5.41, 5.74) is 0.931. The van der Waals surface area contributed by atoms with E-state index in [2.05, 4.69) is 32.7 Å². The quantitative estimate of drug-likeness (QED) is 0.317. The second-order valence-electron chi connectivity index (χ2n) is 7.51. The van der Waals surface area contributed by atoms with Gasteiger partial charge < -0.3 is 13.9 Å². The van der Waals surface area contributed by atoms with Crippen molar-refractivity contribution >= 4 is 49.3 Å². The van der Waals surface area contributed by atoms with Crippen LogP contribution in [0.15, 0.2) is 62.7 Å². The van der Waals surface area contributed by atoms with Gasteiger partial charge in [0.2, 0.25) is 10.9 Å². The summed E-state index contributed by atoms with van der Waals surface area (Å²) in [6.07, 6.45) is 1.63. The number of benzene rings is 2. The first-order valence-corrected chi connectivity index (χ1v) is 11.9. The van der Waals surface area contributed by atoms with Crippen LogP contribution < -0.4 is 19.8 Å². The molecule has 3 heterocycles. The molecule has 1 atom stereocenters. The number of aryl methyl sites for hydroxylation is 1. The van der Waals surface area contributed by atoms with E-state index in [4.69, 9.17) is 13.9 Å². The summed E-state index contributed by atoms with van der Waals surface area (Å²) < 4.78 is 17.9. The minimum Gasteiger partial charge on any atom is -0.493 e. The largest absolute Gasteiger partial charge is 0.493 e. The molecule has 0 radical (unpaired) electrons. The minimum absolute atomic E-state index is 0.0105. The Bertz CT molecular complexity index is 1510. The summed E-state index contributed by atoms with van der Waals surface area (Å²) in [5, 5.41) is 9.67. The predicted octanol–water partition coefficient (Wildman–Crippen LogP) is 5.04. The van der Waals surface area contributed by atoms with Crippen LogP contribution in [0.3, 0.4) is 0 Å². The lowest BCUT2D eigenvalue weighted by Crippen LogP contribution is -2.29. The van der Waals surface area contributed by atoms with Gasteiger partial charge in [-0.15, -0.1) is 10.2 Å². The molecule has 5 rings (SSSR count). The van der Waals surface area contributed by atoms with Gasteiger partial charge in [0.05, 0.1) is 24.1 Å². The first kappa shape index (κ1) is 22.3. The topological polar surface area (TPSA) is 94.8 Å². The van der Waals surface area contributed by atoms with E-state index in [9.17, 15) is 9.59 Å². The number of nitrogens with zero attached hydrogens (tertiary/aromatic N) is 3. The molecule has 34 heavy (non-hydrogen) atoms. The van der Waals surface area contributed by atoms with Crippen molar-refractivity contribution in [3.8, 4) is 11.5 Å². The number of anilines is 1. The average molecular weight is 540 g/mol. The van der Waals surface area contributed by atoms with E-state index in [0.717, 1.165) is 4.47 Å². The van der Waals surface area contributed by atoms with Crippen LogP contribution in [0.1, 0.15) is 32.7 Å². The molecule has 0 N–H and O–H groups in total. The lowest BCUT2D eigenvalue weighted by molar-refractivity contribution is 0.0970. The van der Waals surface area contributed by atoms with Crippen LogP contribution in [0.5, 0.6) is 11.5 Å². The predicted molar refractivity (Wildman–Crippen MR) is 132 cm³/mol. The summed E-state index contributed by atoms with van der Waals surface area (Å²) in [4.78, 5) is 28.7. The number of carbonyl (C=O) groups is 1. The van der Waals surface area contributed by atoms with E-state index in [1.54, 1.807) is 49.4 Å². The highest BCUT2D eigenvalue weighted by Crippen LogP contribution is 2.44. The highest BCUT2D eigenvalue weighted by atomic mass is 79.9. The summed E-state index contributed by atoms with van der Waals surface area (Å²) >= 11 is 4.67. The fourth-order valence-corrected chi connectivity index (χ4v) is 5.04. The van der Waals surface area contributed by atoms with Gasteiger partial charge in [0, 0.05) is 4.47 Å². The summed E-state index contributed by atoms with van der Waals surface area (Å²) in [7, 11) is 1.53. The zero-order chi connectivity index (χ0) is 24.0. The van der Waals surface area contributed by atoms with Crippen LogP contribution in [0, 0.1) is 6.92 Å². The van der Waals surface area contributed by atoms with Crippen molar-refractivity contribution in [2.75, 3.05) is 18.6 Å². The van der Waals surface area contributed by atoms with Crippen LogP contribution in [-0.2, 0) is 0 Å². The number of aromatic nitrogens is 2. The molecule has 10 heteroatoms. The molecular formula is C24H18BrN3O5S. The molecule has 1 aliphatic rings. The van der Waals surface area contributed by atoms with Crippen molar-refractivity contribution in [2.24, 2.45) is 0 Å². The van der Waals surface area contributed by atoms with Gasteiger partial charge in [-0.3, -0.25) is 14.5 Å². The number of rotatable bonds is 6. The van der Waals surface area contributed by atoms with E-state index in [0.29, 0.717) is 44.8 Å². The molecule has 0 aliphatic carbocycles. The molecule has 4 aromatic rings. The van der Waals surface area contributed by atoms with Crippen molar-refractivity contribution < 1.29 is 18.7 Å². The van der Waals surface area contributed by atoms with Gasteiger partial charge in [-0.2, -0.15) is 0 Å². The minimum atomic E-state index is -0.781. The highest BCUT2D eigenvalue weighted by Gasteiger charge is 2.45. The number of hydrogen-bond donors (Lipinski definition) is 0. The van der Waals surface area contributed by atoms with Crippen molar-refractivity contribution in [3.63, 3.8) is 0 Å². The lowest BCUT2D eigenvalue weighted by atomic mass is 9.98. The van der Waals surface area contributed by atoms with E-state index in [1.807, 2.05) is 0 Å². The molecule has 0 fully saturated rings. The van der Waals surface area contributed by atoms with Crippen LogP contribution in [0.25, 0.3) is 11.0 Å². The van der Waals surface area contributed by atoms with Gasteiger partial charge >= 0.3 is 0 Å². The smallest absolute Gasteiger partial charge is 0.297 e. The number of hydrogen-bond acceptors (Lipinski definition) is 8. The van der Waals surface area contributed by atoms with E-state index in [1.165, 1.54) is 23.3 Å². The Labute approximate surface area is 206 Å². The number of carbonyl (C=O) groups excluding carboxylic acids is 1. The van der Waals surface area contributed by atoms with Gasteiger partial charge in [-0.1, -0.05) is 46.0 Å². The maximum absolute atomic E-state index is 13.7. The van der Waals surface area contributed by atoms with Gasteiger partial charge in [0.1, 0.15) is 17.2 Å². The Hall–Kier alpha value is -3.50. The van der Waals surface area contributed by atoms with Gasteiger partial charge in [-0.25, -0.2) is 0 Å². The van der Waals surface area contributed by atoms with Crippen molar-refractivity contribution in [1.29, 1.82) is 0 Å². The van der Waals surface area contributed by atoms with Crippen LogP contribution in [0.2, 0.25) is 0 Å². The third-order valence-corrected chi connectivity index (χ3v) is 6.74. The molecular weight excluding hydrogens is 522 g/mol. The Balaban J connectivity index is 1.76. The first-order valence-electron chi connectivity index (χ1n) is 10.2. The summed E-state index contributed by atoms with van der Waals surface area (Å²) in [5.74, 6) is 0.512. The number of methoxy groups -OCH3 is 1. The monoisotopic (exact) mass is 539 g/mol. The highest BCUT2D eigenvalue weighted by molar-refractivity contribution is 9.10. The molecule has 0 saturated heterocycles. The Kier molecular flexibility index (Phi) is 5.70. The second-order valence-corrected chi connectivity index (χ2v) is 9.58. The van der Waals surface area contributed by atoms with Crippen molar-refractivity contribution in [1.82, 2.24) is 10.2 Å². The third kappa shape index (κ3) is 3.59. The maximum Gasteiger partial charge on any atom is 0.297 e. The normalized spacial score (nSPS) is 15.0. The fraction of sp³-hybridized carbons (Fsp3) is 0.167. The molecule has 1 amide bonds. The molecule has 1 aliphatic heterocycles. The molecule has 2 aromatic heterocycles. The van der Waals surface area contributed by atoms with Crippen molar-refractivity contribution in [2.45, 2.75) is 13.0 Å². The lowest BCUT2D eigenvalue weighted by Gasteiger charge is -2.23. The van der Waals surface area contributed by atoms with Crippen molar-refractivity contribution in [3.05, 3.63) is 85.6 Å². The average Bonchev–Trinajstić information content (AvgIpc) is 3.39. The number of fused-ring (bicyclic) bond motifs is 2. The summed E-state index contributed by atoms with van der Waals surface area (Å²) in [6, 6.07) is 9.60. The molecule has 0 bridgehead atoms. The van der Waals surface area contributed by atoms with Gasteiger partial charge in [0.15, 0.2) is 16.9 Å².